The molecule has 0 radical (unpaired) electrons. The number of amides is 2. The molecular formula is C26H22N6O9S4. The van der Waals surface area contributed by atoms with E-state index in [4.69, 9.17) is 10.6 Å². The molecule has 2 fully saturated rings. The lowest BCUT2D eigenvalue weighted by Crippen LogP contribution is -2.71. The molecule has 15 nitrogen and oxygen atoms in total. The van der Waals surface area contributed by atoms with E-state index < -0.39 is 40.8 Å². The maximum atomic E-state index is 13.3. The molecule has 7 N–H and O–H groups in total. The Morgan fingerprint density at radius 3 is 2.58 bits per heavy atom. The summed E-state index contributed by atoms with van der Waals surface area (Å²) in [7, 11) is 0. The monoisotopic (exact) mass is 690 g/mol. The normalized spacial score (nSPS) is 20.3. The third kappa shape index (κ3) is 5.90. The van der Waals surface area contributed by atoms with Gasteiger partial charge in [0.25, 0.3) is 11.8 Å². The number of nitrogens with two attached hydrogens (primary N) is 1. The smallest absolute Gasteiger partial charge is 0.352 e. The van der Waals surface area contributed by atoms with Gasteiger partial charge in [0.05, 0.1) is 5.69 Å². The fraction of sp³-hybridized carbons (Fsp3) is 0.269. The van der Waals surface area contributed by atoms with Gasteiger partial charge in [-0.2, -0.15) is 0 Å². The van der Waals surface area contributed by atoms with Crippen molar-refractivity contribution < 1.29 is 44.4 Å². The van der Waals surface area contributed by atoms with Gasteiger partial charge >= 0.3 is 11.9 Å². The maximum absolute atomic E-state index is 13.3. The van der Waals surface area contributed by atoms with Gasteiger partial charge in [-0.15, -0.1) is 34.4 Å². The molecule has 19 heteroatoms. The van der Waals surface area contributed by atoms with E-state index in [1.807, 2.05) is 0 Å². The van der Waals surface area contributed by atoms with E-state index in [2.05, 4.69) is 20.4 Å². The van der Waals surface area contributed by atoms with E-state index in [1.165, 1.54) is 52.4 Å². The van der Waals surface area contributed by atoms with E-state index in [9.17, 15) is 39.6 Å². The Morgan fingerprint density at radius 2 is 1.93 bits per heavy atom. The summed E-state index contributed by atoms with van der Waals surface area (Å²) in [6.07, 6.45) is 0.429. The van der Waals surface area contributed by atoms with Crippen LogP contribution < -0.4 is 11.1 Å². The first-order chi connectivity index (χ1) is 21.5. The van der Waals surface area contributed by atoms with Crippen LogP contribution in [0.1, 0.15) is 18.5 Å². The second-order valence-electron chi connectivity index (χ2n) is 10.0. The van der Waals surface area contributed by atoms with E-state index in [-0.39, 0.29) is 58.1 Å². The van der Waals surface area contributed by atoms with Gasteiger partial charge in [-0.05, 0) is 23.8 Å². The fourth-order valence-electron chi connectivity index (χ4n) is 4.48. The minimum absolute atomic E-state index is 0.0362. The average molecular weight is 691 g/mol. The van der Waals surface area contributed by atoms with Gasteiger partial charge in [-0.25, -0.2) is 19.6 Å². The number of fused-ring (bicyclic) bond motifs is 1. The number of phenols is 2. The molecule has 1 saturated heterocycles. The van der Waals surface area contributed by atoms with Crippen molar-refractivity contribution in [1.29, 1.82) is 0 Å². The van der Waals surface area contributed by atoms with Gasteiger partial charge in [-0.3, -0.25) is 14.5 Å². The average Bonchev–Trinajstić information content (AvgIpc) is 3.45. The fourth-order valence-corrected chi connectivity index (χ4v) is 8.35. The SMILES string of the molecule is Nc1nc(C(=NOC2(C(=O)O)CC2)C(=O)N[C@@H]2C(=O)N3C(C(=O)O)=C(CSc4nc(-c5ccc(O)c(O)c5)cs4)CS[C@H]23)cs1. The minimum Gasteiger partial charge on any atom is -0.504 e. The molecule has 1 aliphatic carbocycles. The van der Waals surface area contributed by atoms with Crippen molar-refractivity contribution in [1.82, 2.24) is 20.2 Å². The van der Waals surface area contributed by atoms with Gasteiger partial charge in [0.15, 0.2) is 26.7 Å². The number of aromatic hydroxyl groups is 2. The molecule has 2 atom stereocenters. The number of thiazole rings is 2. The standard InChI is InChI=1S/C26H22N6O9S4/c27-24-28-13(9-43-24)16(31-41-26(3-4-26)23(39)40)19(35)30-17-20(36)32-18(22(37)38)11(6-42-21(17)32)7-44-25-29-12(8-45-25)10-1-2-14(33)15(34)5-10/h1-2,5,8-9,17,21,33-34H,3-4,6-7H2,(H2,27,28)(H,30,35)(H,37,38)(H,39,40)/t17-,21-/m1/s1. The minimum atomic E-state index is -1.53. The van der Waals surface area contributed by atoms with Crippen LogP contribution in [0.5, 0.6) is 11.5 Å². The molecule has 0 spiro atoms. The third-order valence-corrected chi connectivity index (χ3v) is 11.2. The number of carboxylic acid groups (broad SMARTS) is 2. The molecular weight excluding hydrogens is 669 g/mol. The Labute approximate surface area is 269 Å². The van der Waals surface area contributed by atoms with E-state index >= 15 is 0 Å². The molecule has 6 rings (SSSR count). The molecule has 1 aromatic carbocycles. The third-order valence-electron chi connectivity index (χ3n) is 7.05. The van der Waals surface area contributed by atoms with Gasteiger partial charge in [-0.1, -0.05) is 16.9 Å². The number of carbonyl (C=O) groups excluding carboxylic acids is 2. The quantitative estimate of drug-likeness (QED) is 0.0556. The van der Waals surface area contributed by atoms with Gasteiger partial charge in [0, 0.05) is 40.7 Å². The largest absolute Gasteiger partial charge is 0.504 e. The van der Waals surface area contributed by atoms with Crippen molar-refractivity contribution in [3.63, 3.8) is 0 Å². The Bertz CT molecular complexity index is 1800. The van der Waals surface area contributed by atoms with Crippen LogP contribution >= 0.6 is 46.2 Å². The van der Waals surface area contributed by atoms with E-state index in [0.717, 1.165) is 16.2 Å². The number of carboxylic acids is 2. The topological polar surface area (TPSA) is 238 Å². The number of anilines is 1. The number of aliphatic carboxylic acids is 2. The van der Waals surface area contributed by atoms with Crippen molar-refractivity contribution in [2.45, 2.75) is 34.2 Å². The molecule has 3 aromatic rings. The lowest BCUT2D eigenvalue weighted by atomic mass is 10.0. The van der Waals surface area contributed by atoms with Crippen LogP contribution in [-0.4, -0.2) is 93.3 Å². The number of phenolic OH excluding ortho intramolecular Hbond substituents is 2. The van der Waals surface area contributed by atoms with Crippen LogP contribution in [0.15, 0.2) is 49.7 Å². The summed E-state index contributed by atoms with van der Waals surface area (Å²) < 4.78 is 0.634. The van der Waals surface area contributed by atoms with Crippen molar-refractivity contribution >= 4 is 80.8 Å². The first-order valence-electron chi connectivity index (χ1n) is 13.0. The van der Waals surface area contributed by atoms with Crippen molar-refractivity contribution in [3.05, 3.63) is 45.9 Å². The molecule has 1 saturated carbocycles. The molecule has 0 bridgehead atoms. The van der Waals surface area contributed by atoms with Gasteiger partial charge in [0.2, 0.25) is 5.60 Å². The molecule has 2 aromatic heterocycles. The first kappa shape index (κ1) is 30.7. The predicted octanol–water partition coefficient (Wildman–Crippen LogP) is 2.13. The number of hydrogen-bond acceptors (Lipinski definition) is 15. The number of β-lactam (4-membered cyclic amide) rings is 1. The van der Waals surface area contributed by atoms with Crippen LogP contribution in [0.2, 0.25) is 0 Å². The Hall–Kier alpha value is -4.33. The number of nitrogens with one attached hydrogen (secondary N) is 1. The number of rotatable bonds is 11. The summed E-state index contributed by atoms with van der Waals surface area (Å²) in [5, 5.41) is 47.8. The zero-order chi connectivity index (χ0) is 32.0. The highest BCUT2D eigenvalue weighted by Gasteiger charge is 2.56. The molecule has 3 aliphatic rings. The van der Waals surface area contributed by atoms with E-state index in [1.54, 1.807) is 11.4 Å². The number of aromatic nitrogens is 2. The number of oxime groups is 1. The zero-order valence-corrected chi connectivity index (χ0v) is 26.0. The predicted molar refractivity (Wildman–Crippen MR) is 165 cm³/mol. The van der Waals surface area contributed by atoms with Crippen molar-refractivity contribution in [3.8, 4) is 22.8 Å². The zero-order valence-electron chi connectivity index (χ0n) is 22.7. The molecule has 2 amide bonds. The van der Waals surface area contributed by atoms with Crippen molar-refractivity contribution in [2.75, 3.05) is 17.2 Å². The highest BCUT2D eigenvalue weighted by Crippen LogP contribution is 2.43. The Morgan fingerprint density at radius 1 is 1.16 bits per heavy atom. The number of nitrogen functional groups attached to an aromatic ring is 1. The Kier molecular flexibility index (Phi) is 8.10. The number of hydrogen-bond donors (Lipinski definition) is 6. The maximum Gasteiger partial charge on any atom is 0.352 e. The summed E-state index contributed by atoms with van der Waals surface area (Å²) in [6.45, 7) is 0. The summed E-state index contributed by atoms with van der Waals surface area (Å²) >= 11 is 4.93. The summed E-state index contributed by atoms with van der Waals surface area (Å²) in [5.41, 5.74) is 5.36. The highest BCUT2D eigenvalue weighted by molar-refractivity contribution is 8.01. The van der Waals surface area contributed by atoms with Crippen LogP contribution in [0.3, 0.4) is 0 Å². The van der Waals surface area contributed by atoms with E-state index in [0.29, 0.717) is 21.2 Å². The molecule has 234 valence electrons. The number of benzene rings is 1. The highest BCUT2D eigenvalue weighted by atomic mass is 32.2. The second kappa shape index (κ2) is 11.9. The lowest BCUT2D eigenvalue weighted by molar-refractivity contribution is -0.153. The molecule has 0 unspecified atom stereocenters. The van der Waals surface area contributed by atoms with Crippen molar-refractivity contribution in [2.24, 2.45) is 5.16 Å². The molecule has 4 heterocycles. The van der Waals surface area contributed by atoms with Gasteiger partial charge < -0.3 is 36.3 Å². The van der Waals surface area contributed by atoms with Crippen LogP contribution in [0, 0.1) is 0 Å². The van der Waals surface area contributed by atoms with Gasteiger partial charge in [0.1, 0.15) is 22.8 Å². The Balaban J connectivity index is 1.15. The first-order valence-corrected chi connectivity index (χ1v) is 16.8. The van der Waals surface area contributed by atoms with Crippen LogP contribution in [-0.2, 0) is 24.0 Å². The molecule has 45 heavy (non-hydrogen) atoms. The summed E-state index contributed by atoms with van der Waals surface area (Å²) in [5.74, 6) is -4.01. The van der Waals surface area contributed by atoms with Crippen LogP contribution in [0.4, 0.5) is 5.13 Å². The van der Waals surface area contributed by atoms with Crippen LogP contribution in [0.25, 0.3) is 11.3 Å². The summed E-state index contributed by atoms with van der Waals surface area (Å²) in [4.78, 5) is 65.2. The second-order valence-corrected chi connectivity index (χ2v) is 14.1. The number of carbonyl (C=O) groups is 4. The number of thioether (sulfide) groups is 2. The lowest BCUT2D eigenvalue weighted by Gasteiger charge is -2.49. The number of nitrogens with zero attached hydrogens (tertiary/aromatic N) is 4. The molecule has 2 aliphatic heterocycles. The summed E-state index contributed by atoms with van der Waals surface area (Å²) in [6, 6.07) is 3.28.